The minimum atomic E-state index is -0.430. The molecule has 0 N–H and O–H groups in total. The Bertz CT molecular complexity index is 537. The van der Waals surface area contributed by atoms with Gasteiger partial charge in [-0.15, -0.1) is 0 Å². The fraction of sp³-hybridized carbons (Fsp3) is 0.556. The van der Waals surface area contributed by atoms with Gasteiger partial charge in [0, 0.05) is 23.2 Å². The zero-order chi connectivity index (χ0) is 16.9. The van der Waals surface area contributed by atoms with Crippen molar-refractivity contribution in [1.29, 1.82) is 0 Å². The van der Waals surface area contributed by atoms with Gasteiger partial charge in [0.2, 0.25) is 0 Å². The molecule has 1 aromatic rings. The van der Waals surface area contributed by atoms with Gasteiger partial charge in [0.1, 0.15) is 5.60 Å². The van der Waals surface area contributed by atoms with Crippen molar-refractivity contribution < 1.29 is 14.3 Å². The van der Waals surface area contributed by atoms with E-state index in [0.717, 1.165) is 23.5 Å². The van der Waals surface area contributed by atoms with Gasteiger partial charge in [-0.05, 0) is 32.8 Å². The van der Waals surface area contributed by atoms with Crippen LogP contribution in [0.25, 0.3) is 0 Å². The summed E-state index contributed by atoms with van der Waals surface area (Å²) in [5, 5.41) is 0.551. The first-order valence-electron chi connectivity index (χ1n) is 7.87. The van der Waals surface area contributed by atoms with E-state index in [1.54, 1.807) is 11.8 Å². The summed E-state index contributed by atoms with van der Waals surface area (Å²) in [7, 11) is 0. The van der Waals surface area contributed by atoms with Crippen LogP contribution >= 0.6 is 23.5 Å². The van der Waals surface area contributed by atoms with Crippen LogP contribution < -0.4 is 0 Å². The van der Waals surface area contributed by atoms with Crippen molar-refractivity contribution in [3.8, 4) is 0 Å². The van der Waals surface area contributed by atoms with E-state index in [4.69, 9.17) is 4.74 Å². The van der Waals surface area contributed by atoms with Gasteiger partial charge in [-0.1, -0.05) is 42.1 Å². The van der Waals surface area contributed by atoms with Crippen LogP contribution in [0.5, 0.6) is 0 Å². The van der Waals surface area contributed by atoms with Crippen molar-refractivity contribution in [2.45, 2.75) is 44.5 Å². The molecule has 0 unspecified atom stereocenters. The Hall–Kier alpha value is -0.940. The van der Waals surface area contributed by atoms with Crippen LogP contribution in [0.3, 0.4) is 0 Å². The molecule has 1 aliphatic rings. The molecule has 0 radical (unpaired) electrons. The third-order valence-electron chi connectivity index (χ3n) is 3.44. The summed E-state index contributed by atoms with van der Waals surface area (Å²) in [5.41, 5.74) is 0.621. The van der Waals surface area contributed by atoms with E-state index in [1.165, 1.54) is 11.8 Å². The molecule has 0 aromatic heterocycles. The lowest BCUT2D eigenvalue weighted by atomic mass is 10.1. The molecule has 5 heteroatoms. The van der Waals surface area contributed by atoms with E-state index < -0.39 is 5.60 Å². The normalized spacial score (nSPS) is 21.2. The molecule has 0 bridgehead atoms. The average Bonchev–Trinajstić information content (AvgIpc) is 2.93. The summed E-state index contributed by atoms with van der Waals surface area (Å²) in [4.78, 5) is 24.1. The molecule has 1 heterocycles. The maximum atomic E-state index is 12.1. The number of ether oxygens (including phenoxy) is 1. The van der Waals surface area contributed by atoms with Gasteiger partial charge < -0.3 is 4.74 Å². The summed E-state index contributed by atoms with van der Waals surface area (Å²) in [6.07, 6.45) is 1.28. The summed E-state index contributed by atoms with van der Waals surface area (Å²) >= 11 is 3.16. The van der Waals surface area contributed by atoms with E-state index in [0.29, 0.717) is 11.7 Å². The number of rotatable bonds is 5. The van der Waals surface area contributed by atoms with Gasteiger partial charge in [-0.25, -0.2) is 0 Å². The minimum absolute atomic E-state index is 0.0333. The quantitative estimate of drug-likeness (QED) is 0.751. The third kappa shape index (κ3) is 6.60. The predicted octanol–water partition coefficient (Wildman–Crippen LogP) is 3.95. The second kappa shape index (κ2) is 8.25. The number of carbonyl (C=O) groups is 2. The fourth-order valence-corrected chi connectivity index (χ4v) is 4.88. The Morgan fingerprint density at radius 1 is 1.26 bits per heavy atom. The number of benzene rings is 1. The molecule has 1 fully saturated rings. The van der Waals surface area contributed by atoms with E-state index in [-0.39, 0.29) is 17.0 Å². The van der Waals surface area contributed by atoms with Crippen LogP contribution in [0.15, 0.2) is 30.3 Å². The maximum absolute atomic E-state index is 12.1. The van der Waals surface area contributed by atoms with Gasteiger partial charge in [-0.3, -0.25) is 9.59 Å². The predicted molar refractivity (Wildman–Crippen MR) is 97.8 cm³/mol. The zero-order valence-corrected chi connectivity index (χ0v) is 15.5. The lowest BCUT2D eigenvalue weighted by Crippen LogP contribution is -2.29. The van der Waals surface area contributed by atoms with Crippen molar-refractivity contribution in [3.63, 3.8) is 0 Å². The first kappa shape index (κ1) is 18.4. The highest BCUT2D eigenvalue weighted by Crippen LogP contribution is 2.35. The molecule has 3 nitrogen and oxygen atoms in total. The maximum Gasteiger partial charge on any atom is 0.310 e. The molecule has 23 heavy (non-hydrogen) atoms. The summed E-state index contributed by atoms with van der Waals surface area (Å²) in [5.74, 6) is 1.44. The highest BCUT2D eigenvalue weighted by Gasteiger charge is 2.33. The van der Waals surface area contributed by atoms with Gasteiger partial charge >= 0.3 is 5.97 Å². The molecule has 1 aliphatic heterocycles. The van der Waals surface area contributed by atoms with E-state index in [1.807, 2.05) is 51.1 Å². The first-order chi connectivity index (χ1) is 10.8. The number of hydrogen-bond donors (Lipinski definition) is 0. The molecule has 0 spiro atoms. The van der Waals surface area contributed by atoms with Crippen molar-refractivity contribution in [2.75, 3.05) is 11.5 Å². The number of esters is 1. The summed E-state index contributed by atoms with van der Waals surface area (Å²) < 4.78 is 5.45. The molecule has 2 rings (SSSR count). The second-order valence-corrected chi connectivity index (χ2v) is 9.18. The Morgan fingerprint density at radius 2 is 1.96 bits per heavy atom. The van der Waals surface area contributed by atoms with Crippen LogP contribution in [0.2, 0.25) is 0 Å². The molecule has 0 aliphatic carbocycles. The molecule has 2 atom stereocenters. The molecule has 0 amide bonds. The first-order valence-corrected chi connectivity index (χ1v) is 9.91. The van der Waals surface area contributed by atoms with Crippen molar-refractivity contribution in [1.82, 2.24) is 0 Å². The van der Waals surface area contributed by atoms with Gasteiger partial charge in [0.25, 0.3) is 0 Å². The largest absolute Gasteiger partial charge is 0.460 e. The van der Waals surface area contributed by atoms with Crippen LogP contribution in [0, 0.1) is 5.92 Å². The Balaban J connectivity index is 1.71. The van der Waals surface area contributed by atoms with Gasteiger partial charge in [0.05, 0.1) is 5.92 Å². The molecule has 0 saturated carbocycles. The molecular formula is C18H24O3S2. The summed E-state index contributed by atoms with van der Waals surface area (Å²) in [6, 6.07) is 9.80. The SMILES string of the molecule is CC(C)(C)OC(=O)[C@@H]1CS[C@@H](CSC(=O)Cc2ccccc2)C1. The van der Waals surface area contributed by atoms with Crippen molar-refractivity contribution in [3.05, 3.63) is 35.9 Å². The van der Waals surface area contributed by atoms with Crippen molar-refractivity contribution >= 4 is 34.6 Å². The standard InChI is InChI=1S/C18H24O3S2/c1-18(2,3)21-17(20)14-10-15(22-11-14)12-23-16(19)9-13-7-5-4-6-8-13/h4-8,14-15H,9-12H2,1-3H3/t14-,15+/m0/s1. The van der Waals surface area contributed by atoms with Crippen LogP contribution in [0.1, 0.15) is 32.8 Å². The Kier molecular flexibility index (Phi) is 6.60. The lowest BCUT2D eigenvalue weighted by Gasteiger charge is -2.21. The summed E-state index contributed by atoms with van der Waals surface area (Å²) in [6.45, 7) is 5.67. The topological polar surface area (TPSA) is 43.4 Å². The molecule has 126 valence electrons. The second-order valence-electron chi connectivity index (χ2n) is 6.77. The monoisotopic (exact) mass is 352 g/mol. The highest BCUT2D eigenvalue weighted by atomic mass is 32.2. The average molecular weight is 353 g/mol. The van der Waals surface area contributed by atoms with Crippen molar-refractivity contribution in [2.24, 2.45) is 5.92 Å². The smallest absolute Gasteiger partial charge is 0.310 e. The van der Waals surface area contributed by atoms with E-state index in [9.17, 15) is 9.59 Å². The Labute approximate surface area is 146 Å². The highest BCUT2D eigenvalue weighted by molar-refractivity contribution is 8.14. The van der Waals surface area contributed by atoms with Crippen LogP contribution in [-0.2, 0) is 20.7 Å². The number of carbonyl (C=O) groups excluding carboxylic acids is 2. The van der Waals surface area contributed by atoms with Gasteiger partial charge in [-0.2, -0.15) is 11.8 Å². The number of thioether (sulfide) groups is 2. The van der Waals surface area contributed by atoms with Crippen LogP contribution in [-0.4, -0.2) is 33.4 Å². The van der Waals surface area contributed by atoms with Crippen LogP contribution in [0.4, 0.5) is 0 Å². The van der Waals surface area contributed by atoms with Gasteiger partial charge in [0.15, 0.2) is 5.12 Å². The molecular weight excluding hydrogens is 328 g/mol. The lowest BCUT2D eigenvalue weighted by molar-refractivity contribution is -0.159. The minimum Gasteiger partial charge on any atom is -0.460 e. The molecule has 1 saturated heterocycles. The number of hydrogen-bond acceptors (Lipinski definition) is 5. The fourth-order valence-electron chi connectivity index (χ4n) is 2.37. The Morgan fingerprint density at radius 3 is 2.61 bits per heavy atom. The van der Waals surface area contributed by atoms with E-state index >= 15 is 0 Å². The third-order valence-corrected chi connectivity index (χ3v) is 6.11. The zero-order valence-electron chi connectivity index (χ0n) is 13.9. The van der Waals surface area contributed by atoms with E-state index in [2.05, 4.69) is 0 Å². The molecule has 1 aromatic carbocycles.